The van der Waals surface area contributed by atoms with Crippen molar-refractivity contribution in [2.75, 3.05) is 27.4 Å². The molecule has 0 aliphatic carbocycles. The summed E-state index contributed by atoms with van der Waals surface area (Å²) >= 11 is 0. The second-order valence-electron chi connectivity index (χ2n) is 3.37. The molecule has 0 bridgehead atoms. The van der Waals surface area contributed by atoms with Crippen molar-refractivity contribution in [1.29, 1.82) is 0 Å². The minimum Gasteiger partial charge on any atom is -0.497 e. The normalized spacial score (nSPS) is 9.62. The molecule has 16 heavy (non-hydrogen) atoms. The zero-order valence-corrected chi connectivity index (χ0v) is 10.7. The first-order valence-corrected chi connectivity index (χ1v) is 5.19. The van der Waals surface area contributed by atoms with E-state index in [1.807, 2.05) is 18.2 Å². The summed E-state index contributed by atoms with van der Waals surface area (Å²) in [7, 11) is 3.41. The first-order valence-electron chi connectivity index (χ1n) is 5.19. The summed E-state index contributed by atoms with van der Waals surface area (Å²) in [6.07, 6.45) is 1.04. The maximum atomic E-state index is 5.15. The van der Waals surface area contributed by atoms with Crippen molar-refractivity contribution in [1.82, 2.24) is 5.32 Å². The van der Waals surface area contributed by atoms with Crippen molar-refractivity contribution < 1.29 is 9.47 Å². The molecular weight excluding hydrogens is 226 g/mol. The van der Waals surface area contributed by atoms with Crippen LogP contribution in [0.2, 0.25) is 0 Å². The topological polar surface area (TPSA) is 30.5 Å². The summed E-state index contributed by atoms with van der Waals surface area (Å²) in [5, 5.41) is 3.35. The number of halogens is 1. The lowest BCUT2D eigenvalue weighted by Gasteiger charge is -2.06. The Hall–Kier alpha value is -0.770. The molecule has 0 aliphatic rings. The Morgan fingerprint density at radius 2 is 2.06 bits per heavy atom. The highest BCUT2D eigenvalue weighted by atomic mass is 35.5. The Morgan fingerprint density at radius 3 is 2.75 bits per heavy atom. The smallest absolute Gasteiger partial charge is 0.119 e. The van der Waals surface area contributed by atoms with Crippen LogP contribution in [0.1, 0.15) is 12.0 Å². The van der Waals surface area contributed by atoms with Gasteiger partial charge in [0, 0.05) is 20.3 Å². The monoisotopic (exact) mass is 245 g/mol. The number of nitrogens with one attached hydrogen (secondary N) is 1. The van der Waals surface area contributed by atoms with E-state index >= 15 is 0 Å². The molecule has 0 radical (unpaired) electrons. The second-order valence-corrected chi connectivity index (χ2v) is 3.37. The van der Waals surface area contributed by atoms with E-state index in [4.69, 9.17) is 9.47 Å². The van der Waals surface area contributed by atoms with E-state index in [9.17, 15) is 0 Å². The van der Waals surface area contributed by atoms with Gasteiger partial charge in [0.15, 0.2) is 0 Å². The lowest BCUT2D eigenvalue weighted by Crippen LogP contribution is -2.16. The van der Waals surface area contributed by atoms with Gasteiger partial charge < -0.3 is 14.8 Å². The summed E-state index contributed by atoms with van der Waals surface area (Å²) in [6.45, 7) is 2.66. The molecule has 0 atom stereocenters. The average Bonchev–Trinajstić information content (AvgIpc) is 2.29. The molecule has 0 aliphatic heterocycles. The van der Waals surface area contributed by atoms with Crippen LogP contribution in [0.4, 0.5) is 0 Å². The fraction of sp³-hybridized carbons (Fsp3) is 0.500. The zero-order chi connectivity index (χ0) is 10.9. The molecule has 1 N–H and O–H groups in total. The molecule has 0 saturated heterocycles. The van der Waals surface area contributed by atoms with Crippen LogP contribution in [0, 0.1) is 0 Å². The zero-order valence-electron chi connectivity index (χ0n) is 9.86. The minimum absolute atomic E-state index is 0. The molecular formula is C12H20ClNO2. The van der Waals surface area contributed by atoms with Crippen molar-refractivity contribution in [3.05, 3.63) is 29.8 Å². The Labute approximate surface area is 104 Å². The van der Waals surface area contributed by atoms with E-state index in [2.05, 4.69) is 11.4 Å². The predicted octanol–water partition coefficient (Wildman–Crippen LogP) is 2.24. The Kier molecular flexibility index (Phi) is 9.00. The molecule has 92 valence electrons. The van der Waals surface area contributed by atoms with Crippen molar-refractivity contribution in [3.63, 3.8) is 0 Å². The standard InChI is InChI=1S/C12H19NO2.ClH/c1-14-8-4-7-13-10-11-5-3-6-12(9-11)15-2;/h3,5-6,9,13H,4,7-8,10H2,1-2H3;1H. The van der Waals surface area contributed by atoms with E-state index < -0.39 is 0 Å². The molecule has 1 rings (SSSR count). The molecule has 3 nitrogen and oxygen atoms in total. The Bertz CT molecular complexity index is 281. The van der Waals surface area contributed by atoms with Crippen LogP contribution in [0.15, 0.2) is 24.3 Å². The van der Waals surface area contributed by atoms with Gasteiger partial charge in [-0.25, -0.2) is 0 Å². The molecule has 0 amide bonds. The van der Waals surface area contributed by atoms with Crippen LogP contribution in [0.5, 0.6) is 5.75 Å². The molecule has 0 fully saturated rings. The van der Waals surface area contributed by atoms with Crippen LogP contribution in [-0.4, -0.2) is 27.4 Å². The second kappa shape index (κ2) is 9.46. The highest BCUT2D eigenvalue weighted by Gasteiger charge is 1.95. The van der Waals surface area contributed by atoms with Gasteiger partial charge in [0.05, 0.1) is 7.11 Å². The fourth-order valence-corrected chi connectivity index (χ4v) is 1.36. The number of hydrogen-bond acceptors (Lipinski definition) is 3. The van der Waals surface area contributed by atoms with E-state index in [0.717, 1.165) is 31.9 Å². The molecule has 0 saturated carbocycles. The maximum Gasteiger partial charge on any atom is 0.119 e. The molecule has 0 aromatic heterocycles. The summed E-state index contributed by atoms with van der Waals surface area (Å²) in [5.74, 6) is 0.909. The van der Waals surface area contributed by atoms with Gasteiger partial charge in [-0.2, -0.15) is 0 Å². The highest BCUT2D eigenvalue weighted by Crippen LogP contribution is 2.11. The summed E-state index contributed by atoms with van der Waals surface area (Å²) in [6, 6.07) is 8.09. The van der Waals surface area contributed by atoms with Gasteiger partial charge in [-0.15, -0.1) is 12.4 Å². The first kappa shape index (κ1) is 15.2. The summed E-state index contributed by atoms with van der Waals surface area (Å²) in [5.41, 5.74) is 1.24. The fourth-order valence-electron chi connectivity index (χ4n) is 1.36. The maximum absolute atomic E-state index is 5.15. The summed E-state index contributed by atoms with van der Waals surface area (Å²) < 4.78 is 10.1. The third-order valence-corrected chi connectivity index (χ3v) is 2.17. The molecule has 1 aromatic rings. The third kappa shape index (κ3) is 5.95. The molecule has 1 aromatic carbocycles. The Morgan fingerprint density at radius 1 is 1.25 bits per heavy atom. The number of methoxy groups -OCH3 is 2. The van der Waals surface area contributed by atoms with Crippen LogP contribution >= 0.6 is 12.4 Å². The molecule has 0 heterocycles. The van der Waals surface area contributed by atoms with Crippen molar-refractivity contribution in [3.8, 4) is 5.75 Å². The van der Waals surface area contributed by atoms with E-state index in [1.54, 1.807) is 14.2 Å². The van der Waals surface area contributed by atoms with E-state index in [-0.39, 0.29) is 12.4 Å². The van der Waals surface area contributed by atoms with Crippen LogP contribution < -0.4 is 10.1 Å². The predicted molar refractivity (Wildman–Crippen MR) is 68.4 cm³/mol. The molecule has 4 heteroatoms. The van der Waals surface area contributed by atoms with Crippen molar-refractivity contribution in [2.45, 2.75) is 13.0 Å². The minimum atomic E-state index is 0. The molecule has 0 unspecified atom stereocenters. The average molecular weight is 246 g/mol. The highest BCUT2D eigenvalue weighted by molar-refractivity contribution is 5.85. The van der Waals surface area contributed by atoms with Gasteiger partial charge in [0.25, 0.3) is 0 Å². The van der Waals surface area contributed by atoms with Gasteiger partial charge in [-0.1, -0.05) is 12.1 Å². The Balaban J connectivity index is 0.00000225. The van der Waals surface area contributed by atoms with Crippen LogP contribution in [-0.2, 0) is 11.3 Å². The molecule has 0 spiro atoms. The lowest BCUT2D eigenvalue weighted by molar-refractivity contribution is 0.194. The summed E-state index contributed by atoms with van der Waals surface area (Å²) in [4.78, 5) is 0. The number of ether oxygens (including phenoxy) is 2. The van der Waals surface area contributed by atoms with Gasteiger partial charge in [-0.3, -0.25) is 0 Å². The van der Waals surface area contributed by atoms with Gasteiger partial charge in [0.2, 0.25) is 0 Å². The van der Waals surface area contributed by atoms with Gasteiger partial charge in [-0.05, 0) is 30.7 Å². The number of rotatable bonds is 7. The van der Waals surface area contributed by atoms with Gasteiger partial charge in [0.1, 0.15) is 5.75 Å². The van der Waals surface area contributed by atoms with Gasteiger partial charge >= 0.3 is 0 Å². The van der Waals surface area contributed by atoms with E-state index in [0.29, 0.717) is 0 Å². The lowest BCUT2D eigenvalue weighted by atomic mass is 10.2. The number of hydrogen-bond donors (Lipinski definition) is 1. The number of benzene rings is 1. The van der Waals surface area contributed by atoms with Crippen LogP contribution in [0.3, 0.4) is 0 Å². The SMILES string of the molecule is COCCCNCc1cccc(OC)c1.Cl. The van der Waals surface area contributed by atoms with Crippen LogP contribution in [0.25, 0.3) is 0 Å². The quantitative estimate of drug-likeness (QED) is 0.748. The third-order valence-electron chi connectivity index (χ3n) is 2.17. The largest absolute Gasteiger partial charge is 0.497 e. The van der Waals surface area contributed by atoms with Crippen molar-refractivity contribution in [2.24, 2.45) is 0 Å². The van der Waals surface area contributed by atoms with Crippen molar-refractivity contribution >= 4 is 12.4 Å². The first-order chi connectivity index (χ1) is 7.36. The van der Waals surface area contributed by atoms with E-state index in [1.165, 1.54) is 5.56 Å².